The monoisotopic (exact) mass is 529 g/mol. The van der Waals surface area contributed by atoms with Crippen molar-refractivity contribution in [1.29, 1.82) is 0 Å². The fourth-order valence-corrected chi connectivity index (χ4v) is 3.60. The summed E-state index contributed by atoms with van der Waals surface area (Å²) in [5.74, 6) is 0. The molecule has 0 amide bonds. The Balaban J connectivity index is -0.000000173. The molecular formula is C7H19Cl3NoP2-. The van der Waals surface area contributed by atoms with Crippen LogP contribution in [0.4, 0.5) is 0 Å². The molecule has 0 aromatic heterocycles. The van der Waals surface area contributed by atoms with Crippen LogP contribution in [0.25, 0.3) is 0 Å². The third kappa shape index (κ3) is 44.6. The van der Waals surface area contributed by atoms with Gasteiger partial charge in [0.15, 0.2) is 0 Å². The zero-order valence-electron chi connectivity index (χ0n) is 8.71. The minimum absolute atomic E-state index is 0. The van der Waals surface area contributed by atoms with Gasteiger partial charge in [-0.1, -0.05) is 0 Å². The van der Waals surface area contributed by atoms with Crippen molar-refractivity contribution in [3.63, 3.8) is 0 Å². The number of hydrogen-bond acceptors (Lipinski definition) is 0. The van der Waals surface area contributed by atoms with Gasteiger partial charge in [-0.25, -0.2) is 0 Å². The third-order valence-corrected chi connectivity index (χ3v) is 3.58. The summed E-state index contributed by atoms with van der Waals surface area (Å²) in [5, 5.41) is 0. The van der Waals surface area contributed by atoms with Crippen molar-refractivity contribution in [2.24, 2.45) is 0 Å². The maximum absolute atomic E-state index is 4.96. The average Bonchev–Trinajstić information content (AvgIpc) is 1.82. The van der Waals surface area contributed by atoms with Crippen molar-refractivity contribution >= 4 is 53.1 Å². The van der Waals surface area contributed by atoms with E-state index in [0.29, 0.717) is 15.8 Å². The molecule has 0 aromatic rings. The SMILES string of the molecule is CP(C)CCP(C)C.[CH3-].[Cl][No]([Cl])[Cl]. The normalized spacial score (nSPS) is 9.00. The summed E-state index contributed by atoms with van der Waals surface area (Å²) >= 11 is 14.9. The molecular weight excluding hydrogens is 511 g/mol. The van der Waals surface area contributed by atoms with E-state index in [1.807, 2.05) is 0 Å². The average molecular weight is 531 g/mol. The molecule has 0 heterocycles. The first-order chi connectivity index (χ1) is 5.36. The van der Waals surface area contributed by atoms with Gasteiger partial charge in [-0.15, -0.1) is 15.8 Å². The molecule has 0 unspecified atom stereocenters. The molecule has 0 radical (unpaired) electrons. The van der Waals surface area contributed by atoms with Crippen LogP contribution in [0.3, 0.4) is 0 Å². The summed E-state index contributed by atoms with van der Waals surface area (Å²) in [5.41, 5.74) is 0. The fraction of sp³-hybridized carbons (Fsp3) is 0.857. The van der Waals surface area contributed by atoms with Crippen molar-refractivity contribution in [2.45, 2.75) is 0 Å². The van der Waals surface area contributed by atoms with E-state index in [0.717, 1.165) is 0 Å². The van der Waals surface area contributed by atoms with Gasteiger partial charge in [-0.05, 0) is 39.0 Å². The molecule has 0 aliphatic heterocycles. The molecule has 0 aliphatic rings. The van der Waals surface area contributed by atoms with E-state index in [-0.39, 0.29) is 7.43 Å². The van der Waals surface area contributed by atoms with Gasteiger partial charge < -0.3 is 7.43 Å². The molecule has 0 aliphatic carbocycles. The topological polar surface area (TPSA) is 0 Å². The quantitative estimate of drug-likeness (QED) is 0.357. The molecule has 0 rings (SSSR count). The van der Waals surface area contributed by atoms with Gasteiger partial charge in [0, 0.05) is 0 Å². The van der Waals surface area contributed by atoms with Crippen molar-refractivity contribution in [2.75, 3.05) is 39.0 Å². The van der Waals surface area contributed by atoms with E-state index in [1.165, 1.54) is 12.3 Å². The van der Waals surface area contributed by atoms with Gasteiger partial charge in [0.05, 0.1) is 0 Å². The van der Waals surface area contributed by atoms with Crippen LogP contribution in [0.1, 0.15) is 0 Å². The van der Waals surface area contributed by atoms with E-state index in [9.17, 15) is 0 Å². The van der Waals surface area contributed by atoms with Crippen LogP contribution in [-0.4, -0.2) is 39.0 Å². The second-order valence-corrected chi connectivity index (χ2v) is 17.4. The standard InChI is InChI=1S/C6H16P2.CH3.3ClH.No/c1-7(2)5-6-8(3)4;;;;;/h5-6H2,1-4H3;1H3;3*1H;/q;-1;;;;+3/p-3. The van der Waals surface area contributed by atoms with Crippen molar-refractivity contribution < 1.29 is 0 Å². The van der Waals surface area contributed by atoms with E-state index in [4.69, 9.17) is 37.2 Å². The summed E-state index contributed by atoms with van der Waals surface area (Å²) < 4.78 is -1.83. The minimum atomic E-state index is -1.83. The first-order valence-electron chi connectivity index (χ1n) is 3.22. The van der Waals surface area contributed by atoms with Gasteiger partial charge in [-0.2, -0.15) is 0 Å². The molecule has 0 bridgehead atoms. The maximum atomic E-state index is 4.96. The van der Waals surface area contributed by atoms with Crippen LogP contribution < -0.4 is 0 Å². The first kappa shape index (κ1) is 19.3. The van der Waals surface area contributed by atoms with Gasteiger partial charge in [-0.3, -0.25) is 0 Å². The van der Waals surface area contributed by atoms with Gasteiger partial charge in [0.1, 0.15) is 0 Å². The Kier molecular flexibility index (Phi) is 18.9. The van der Waals surface area contributed by atoms with Crippen molar-refractivity contribution in [1.82, 2.24) is 0 Å². The zero-order valence-corrected chi connectivity index (χ0v) is 15.0. The number of hydrogen-bond donors (Lipinski definition) is 0. The van der Waals surface area contributed by atoms with Gasteiger partial charge in [0.2, 0.25) is 0 Å². The summed E-state index contributed by atoms with van der Waals surface area (Å²) in [7, 11) is 0.766. The second-order valence-electron chi connectivity index (χ2n) is 2.72. The summed E-state index contributed by atoms with van der Waals surface area (Å²) in [4.78, 5) is 0. The van der Waals surface area contributed by atoms with Crippen LogP contribution in [-0.2, 0) is 0 Å². The molecule has 6 heteroatoms. The first-order valence-corrected chi connectivity index (χ1v) is 16.2. The predicted molar refractivity (Wildman–Crippen MR) is 71.2 cm³/mol. The Hall–Kier alpha value is 0.730. The third-order valence-electron chi connectivity index (χ3n) is 0.994. The molecule has 0 saturated heterocycles. The molecule has 0 saturated carbocycles. The molecule has 0 N–H and O–H groups in total. The van der Waals surface area contributed by atoms with E-state index in [1.54, 1.807) is 0 Å². The van der Waals surface area contributed by atoms with Crippen molar-refractivity contribution in [3.8, 4) is 0 Å². The number of rotatable bonds is 3. The molecule has 0 nitrogen and oxygen atoms in total. The predicted octanol–water partition coefficient (Wildman–Crippen LogP) is 4.99. The fourth-order valence-electron chi connectivity index (χ4n) is 0.400. The molecule has 0 atom stereocenters. The van der Waals surface area contributed by atoms with Crippen LogP contribution in [0.5, 0.6) is 0 Å². The summed E-state index contributed by atoms with van der Waals surface area (Å²) in [6.07, 6.45) is 2.96. The molecule has 0 fully saturated rings. The van der Waals surface area contributed by atoms with Crippen LogP contribution in [0.15, 0.2) is 0 Å². The Bertz CT molecular complexity index is 81.1. The Labute approximate surface area is 99.4 Å². The van der Waals surface area contributed by atoms with E-state index >= 15 is 0 Å². The Morgan fingerprint density at radius 3 is 1.08 bits per heavy atom. The van der Waals surface area contributed by atoms with Gasteiger partial charge >= 0.3 is 37.2 Å². The Morgan fingerprint density at radius 1 is 0.846 bits per heavy atom. The summed E-state index contributed by atoms with van der Waals surface area (Å²) in [6, 6.07) is 0. The molecule has 0 aromatic carbocycles. The van der Waals surface area contributed by atoms with Crippen LogP contribution in [0.2, 0.25) is 0 Å². The van der Waals surface area contributed by atoms with E-state index < -0.39 is 0 Å². The Morgan fingerprint density at radius 2 is 1.00 bits per heavy atom. The van der Waals surface area contributed by atoms with Crippen molar-refractivity contribution in [3.05, 3.63) is 7.43 Å². The van der Waals surface area contributed by atoms with E-state index in [2.05, 4.69) is 26.7 Å². The van der Waals surface area contributed by atoms with Crippen LogP contribution in [0, 0.1) is 7.43 Å². The molecule has 13 heavy (non-hydrogen) atoms. The van der Waals surface area contributed by atoms with Crippen LogP contribution >= 0.6 is 53.1 Å². The molecule has 93 valence electrons. The number of halogens is 3. The van der Waals surface area contributed by atoms with Gasteiger partial charge in [0.25, 0.3) is 0 Å². The zero-order chi connectivity index (χ0) is 10.1. The molecule has 0 spiro atoms. The summed E-state index contributed by atoms with van der Waals surface area (Å²) in [6.45, 7) is 9.42. The second kappa shape index (κ2) is 12.7.